The van der Waals surface area contributed by atoms with Crippen molar-refractivity contribution < 1.29 is 19.1 Å². The minimum absolute atomic E-state index is 0.262. The Kier molecular flexibility index (Phi) is 7.77. The van der Waals surface area contributed by atoms with Crippen molar-refractivity contribution in [2.45, 2.75) is 6.92 Å². The van der Waals surface area contributed by atoms with Crippen molar-refractivity contribution in [3.8, 4) is 5.69 Å². The number of imidazole rings is 1. The van der Waals surface area contributed by atoms with Crippen LogP contribution in [0.15, 0.2) is 67.3 Å². The molecule has 0 bridgehead atoms. The van der Waals surface area contributed by atoms with Crippen LogP contribution in [0, 0.1) is 6.92 Å². The minimum atomic E-state index is -0.669. The van der Waals surface area contributed by atoms with Gasteiger partial charge in [-0.25, -0.2) is 9.78 Å². The molecule has 0 aliphatic rings. The van der Waals surface area contributed by atoms with E-state index in [-0.39, 0.29) is 6.54 Å². The van der Waals surface area contributed by atoms with Crippen LogP contribution in [-0.4, -0.2) is 40.5 Å². The van der Waals surface area contributed by atoms with E-state index in [1.54, 1.807) is 43.7 Å². The molecule has 3 rings (SSSR count). The van der Waals surface area contributed by atoms with E-state index in [1.165, 1.54) is 6.08 Å². The number of halogens is 1. The van der Waals surface area contributed by atoms with Gasteiger partial charge < -0.3 is 19.9 Å². The number of esters is 1. The van der Waals surface area contributed by atoms with Crippen LogP contribution in [0.4, 0.5) is 5.69 Å². The van der Waals surface area contributed by atoms with Crippen molar-refractivity contribution in [2.24, 2.45) is 0 Å². The van der Waals surface area contributed by atoms with E-state index in [0.29, 0.717) is 10.7 Å². The summed E-state index contributed by atoms with van der Waals surface area (Å²) in [6, 6.07) is 12.6. The Morgan fingerprint density at radius 2 is 1.91 bits per heavy atom. The van der Waals surface area contributed by atoms with Crippen LogP contribution in [0.1, 0.15) is 11.1 Å². The van der Waals surface area contributed by atoms with E-state index in [4.69, 9.17) is 16.3 Å². The number of aromatic nitrogens is 2. The number of nitrogens with zero attached hydrogens (tertiary/aromatic N) is 2. The van der Waals surface area contributed by atoms with Crippen molar-refractivity contribution in [1.82, 2.24) is 14.9 Å². The number of anilines is 1. The van der Waals surface area contributed by atoms with Gasteiger partial charge in [0.25, 0.3) is 5.91 Å². The lowest BCUT2D eigenvalue weighted by Crippen LogP contribution is -2.35. The molecule has 8 nitrogen and oxygen atoms in total. The molecule has 9 heteroatoms. The first-order valence-electron chi connectivity index (χ1n) is 9.67. The summed E-state index contributed by atoms with van der Waals surface area (Å²) in [6.07, 6.45) is 8.02. The van der Waals surface area contributed by atoms with Crippen LogP contribution in [-0.2, 0) is 19.1 Å². The summed E-state index contributed by atoms with van der Waals surface area (Å²) in [5.74, 6) is -1.68. The zero-order valence-corrected chi connectivity index (χ0v) is 18.0. The molecule has 0 fully saturated rings. The van der Waals surface area contributed by atoms with Gasteiger partial charge in [0.05, 0.1) is 12.9 Å². The van der Waals surface area contributed by atoms with Gasteiger partial charge >= 0.3 is 5.97 Å². The first-order valence-corrected chi connectivity index (χ1v) is 10.0. The van der Waals surface area contributed by atoms with Gasteiger partial charge in [0.2, 0.25) is 5.91 Å². The Hall–Kier alpha value is -3.91. The highest BCUT2D eigenvalue weighted by Gasteiger charge is 2.10. The Morgan fingerprint density at radius 3 is 2.62 bits per heavy atom. The van der Waals surface area contributed by atoms with E-state index < -0.39 is 24.4 Å². The van der Waals surface area contributed by atoms with Gasteiger partial charge in [-0.3, -0.25) is 9.59 Å². The molecule has 2 aromatic carbocycles. The maximum atomic E-state index is 12.0. The fourth-order valence-electron chi connectivity index (χ4n) is 2.69. The maximum absolute atomic E-state index is 12.0. The van der Waals surface area contributed by atoms with Gasteiger partial charge in [-0.05, 0) is 48.4 Å². The number of hydrogen-bond acceptors (Lipinski definition) is 5. The summed E-state index contributed by atoms with van der Waals surface area (Å²) in [7, 11) is 0. The Labute approximate surface area is 189 Å². The van der Waals surface area contributed by atoms with Crippen molar-refractivity contribution in [1.29, 1.82) is 0 Å². The van der Waals surface area contributed by atoms with Crippen LogP contribution < -0.4 is 10.6 Å². The lowest BCUT2D eigenvalue weighted by atomic mass is 10.2. The third-order valence-corrected chi connectivity index (χ3v) is 4.85. The largest absolute Gasteiger partial charge is 0.452 e. The number of benzene rings is 2. The highest BCUT2D eigenvalue weighted by molar-refractivity contribution is 6.31. The van der Waals surface area contributed by atoms with Gasteiger partial charge in [0.1, 0.15) is 0 Å². The normalized spacial score (nSPS) is 10.7. The van der Waals surface area contributed by atoms with Gasteiger partial charge in [-0.1, -0.05) is 29.8 Å². The summed E-state index contributed by atoms with van der Waals surface area (Å²) in [5.41, 5.74) is 3.02. The van der Waals surface area contributed by atoms with E-state index in [1.807, 2.05) is 35.0 Å². The monoisotopic (exact) mass is 452 g/mol. The van der Waals surface area contributed by atoms with Crippen molar-refractivity contribution >= 4 is 41.1 Å². The average molecular weight is 453 g/mol. The minimum Gasteiger partial charge on any atom is -0.452 e. The van der Waals surface area contributed by atoms with Crippen LogP contribution >= 0.6 is 11.6 Å². The number of amides is 2. The number of ether oxygens (including phenoxy) is 1. The fraction of sp³-hybridized carbons (Fsp3) is 0.130. The predicted octanol–water partition coefficient (Wildman–Crippen LogP) is 3.15. The lowest BCUT2D eigenvalue weighted by Gasteiger charge is -2.10. The third kappa shape index (κ3) is 6.55. The molecule has 32 heavy (non-hydrogen) atoms. The quantitative estimate of drug-likeness (QED) is 0.404. The second-order valence-corrected chi connectivity index (χ2v) is 7.15. The van der Waals surface area contributed by atoms with Gasteiger partial charge in [-0.15, -0.1) is 0 Å². The highest BCUT2D eigenvalue weighted by atomic mass is 35.5. The molecule has 0 aliphatic heterocycles. The zero-order valence-electron chi connectivity index (χ0n) is 17.2. The molecule has 0 saturated carbocycles. The highest BCUT2D eigenvalue weighted by Crippen LogP contribution is 2.22. The van der Waals surface area contributed by atoms with Crippen molar-refractivity contribution in [3.05, 3.63) is 83.4 Å². The molecule has 0 aliphatic carbocycles. The van der Waals surface area contributed by atoms with E-state index >= 15 is 0 Å². The predicted molar refractivity (Wildman–Crippen MR) is 121 cm³/mol. The molecule has 1 heterocycles. The third-order valence-electron chi connectivity index (χ3n) is 4.44. The molecule has 1 aromatic heterocycles. The van der Waals surface area contributed by atoms with Crippen LogP contribution in [0.25, 0.3) is 11.8 Å². The first kappa shape index (κ1) is 22.8. The van der Waals surface area contributed by atoms with E-state index in [9.17, 15) is 14.4 Å². The average Bonchev–Trinajstić information content (AvgIpc) is 3.33. The second kappa shape index (κ2) is 10.9. The Morgan fingerprint density at radius 1 is 1.12 bits per heavy atom. The van der Waals surface area contributed by atoms with E-state index in [0.717, 1.165) is 16.8 Å². The van der Waals surface area contributed by atoms with Gasteiger partial charge in [-0.2, -0.15) is 0 Å². The number of carbonyl (C=O) groups is 3. The molecule has 0 unspecified atom stereocenters. The molecule has 164 valence electrons. The summed E-state index contributed by atoms with van der Waals surface area (Å²) >= 11 is 6.01. The number of carbonyl (C=O) groups excluding carboxylic acids is 3. The Balaban J connectivity index is 1.39. The SMILES string of the molecule is Cc1c(Cl)cccc1NC(=O)CNC(=O)COC(=O)/C=C/c1ccc(-n2ccnc2)cc1. The van der Waals surface area contributed by atoms with Gasteiger partial charge in [0, 0.05) is 34.9 Å². The molecular formula is C23H21ClN4O4. The molecule has 0 spiro atoms. The number of nitrogens with one attached hydrogen (secondary N) is 2. The van der Waals surface area contributed by atoms with Gasteiger partial charge in [0.15, 0.2) is 6.61 Å². The Bertz CT molecular complexity index is 1130. The molecule has 2 N–H and O–H groups in total. The second-order valence-electron chi connectivity index (χ2n) is 6.74. The molecule has 0 atom stereocenters. The summed E-state index contributed by atoms with van der Waals surface area (Å²) in [6.45, 7) is 1.02. The smallest absolute Gasteiger partial charge is 0.331 e. The van der Waals surface area contributed by atoms with Crippen LogP contribution in [0.5, 0.6) is 0 Å². The number of rotatable bonds is 8. The molecule has 0 radical (unpaired) electrons. The molecule has 0 saturated heterocycles. The summed E-state index contributed by atoms with van der Waals surface area (Å²) in [5, 5.41) is 5.58. The molecular weight excluding hydrogens is 432 g/mol. The van der Waals surface area contributed by atoms with Crippen LogP contribution in [0.3, 0.4) is 0 Å². The maximum Gasteiger partial charge on any atom is 0.331 e. The van der Waals surface area contributed by atoms with Crippen molar-refractivity contribution in [2.75, 3.05) is 18.5 Å². The van der Waals surface area contributed by atoms with Crippen LogP contribution in [0.2, 0.25) is 5.02 Å². The number of hydrogen-bond donors (Lipinski definition) is 2. The summed E-state index contributed by atoms with van der Waals surface area (Å²) in [4.78, 5) is 39.6. The summed E-state index contributed by atoms with van der Waals surface area (Å²) < 4.78 is 6.75. The fourth-order valence-corrected chi connectivity index (χ4v) is 2.86. The molecule has 3 aromatic rings. The van der Waals surface area contributed by atoms with Crippen molar-refractivity contribution in [3.63, 3.8) is 0 Å². The molecule has 2 amide bonds. The van der Waals surface area contributed by atoms with E-state index in [2.05, 4.69) is 15.6 Å². The topological polar surface area (TPSA) is 102 Å². The lowest BCUT2D eigenvalue weighted by molar-refractivity contribution is -0.143. The zero-order chi connectivity index (χ0) is 22.9. The standard InChI is InChI=1S/C23H21ClN4O4/c1-16-19(24)3-2-4-20(16)27-21(29)13-26-22(30)14-32-23(31)10-7-17-5-8-18(9-6-17)28-12-11-25-15-28/h2-12,15H,13-14H2,1H3,(H,26,30)(H,27,29)/b10-7+. The first-order chi connectivity index (χ1) is 15.4.